The number of aliphatic hydroxyl groups is 1. The number of benzene rings is 2. The summed E-state index contributed by atoms with van der Waals surface area (Å²) < 4.78 is 33.7. The fraction of sp³-hybridized carbons (Fsp3) is 0.333. The maximum Gasteiger partial charge on any atom is 0.242 e. The number of hydrogen-bond donors (Lipinski definition) is 2. The Hall–Kier alpha value is -2.61. The highest BCUT2D eigenvalue weighted by molar-refractivity contribution is 7.89. The van der Waals surface area contributed by atoms with Crippen LogP contribution in [0.4, 0.5) is 0 Å². The SMILES string of the molecule is Cc1ccc(S(=O)(=O)N(C)CC[C@]23c4c5ccc(O)c4O[C@H]2[C@@H](O)C=C[C@H]3C=C5)cc1. The Balaban J connectivity index is 1.52. The highest BCUT2D eigenvalue weighted by atomic mass is 32.2. The van der Waals surface area contributed by atoms with Crippen molar-refractivity contribution in [3.63, 3.8) is 0 Å². The maximum absolute atomic E-state index is 13.1. The minimum Gasteiger partial charge on any atom is -0.504 e. The number of rotatable bonds is 5. The molecule has 4 atom stereocenters. The van der Waals surface area contributed by atoms with Crippen LogP contribution in [0.3, 0.4) is 0 Å². The number of sulfonamides is 1. The summed E-state index contributed by atoms with van der Waals surface area (Å²) >= 11 is 0. The Morgan fingerprint density at radius 1 is 1.10 bits per heavy atom. The minimum absolute atomic E-state index is 0.0365. The molecule has 2 aromatic rings. The summed E-state index contributed by atoms with van der Waals surface area (Å²) in [7, 11) is -2.08. The lowest BCUT2D eigenvalue weighted by atomic mass is 9.59. The van der Waals surface area contributed by atoms with Crippen molar-refractivity contribution in [1.29, 1.82) is 0 Å². The van der Waals surface area contributed by atoms with Gasteiger partial charge in [-0.1, -0.05) is 48.1 Å². The molecule has 0 unspecified atom stereocenters. The number of phenols is 1. The second kappa shape index (κ2) is 6.95. The molecule has 0 amide bonds. The average Bonchev–Trinajstić information content (AvgIpc) is 3.12. The van der Waals surface area contributed by atoms with Crippen LogP contribution < -0.4 is 4.74 Å². The van der Waals surface area contributed by atoms with Crippen LogP contribution in [0, 0.1) is 12.8 Å². The van der Waals surface area contributed by atoms with Crippen molar-refractivity contribution in [2.45, 2.75) is 35.9 Å². The highest BCUT2D eigenvalue weighted by Gasteiger charge is 2.59. The molecule has 6 nitrogen and oxygen atoms in total. The number of allylic oxidation sites excluding steroid dienone is 2. The lowest BCUT2D eigenvalue weighted by Gasteiger charge is -2.45. The Bertz CT molecular complexity index is 1200. The quantitative estimate of drug-likeness (QED) is 0.700. The number of aliphatic hydroxyl groups excluding tert-OH is 1. The van der Waals surface area contributed by atoms with Crippen molar-refractivity contribution in [1.82, 2.24) is 4.31 Å². The molecule has 162 valence electrons. The zero-order chi connectivity index (χ0) is 22.0. The van der Waals surface area contributed by atoms with Gasteiger partial charge in [0, 0.05) is 25.1 Å². The van der Waals surface area contributed by atoms with Crippen LogP contribution in [0.2, 0.25) is 0 Å². The van der Waals surface area contributed by atoms with Crippen LogP contribution in [-0.2, 0) is 15.4 Å². The van der Waals surface area contributed by atoms with Crippen LogP contribution in [-0.4, -0.2) is 48.7 Å². The van der Waals surface area contributed by atoms with Crippen LogP contribution >= 0.6 is 0 Å². The van der Waals surface area contributed by atoms with Gasteiger partial charge in [0.15, 0.2) is 11.5 Å². The van der Waals surface area contributed by atoms with Crippen LogP contribution in [0.1, 0.15) is 23.1 Å². The third-order valence-electron chi connectivity index (χ3n) is 6.86. The Morgan fingerprint density at radius 2 is 1.84 bits per heavy atom. The number of nitrogens with zero attached hydrogens (tertiary/aromatic N) is 1. The summed E-state index contributed by atoms with van der Waals surface area (Å²) in [4.78, 5) is 0.253. The third-order valence-corrected chi connectivity index (χ3v) is 8.73. The molecule has 0 radical (unpaired) electrons. The minimum atomic E-state index is -3.65. The van der Waals surface area contributed by atoms with E-state index in [1.165, 1.54) is 4.31 Å². The predicted octanol–water partition coefficient (Wildman–Crippen LogP) is 2.98. The summed E-state index contributed by atoms with van der Waals surface area (Å²) in [5.74, 6) is 0.366. The molecular formula is C24H25NO5S. The van der Waals surface area contributed by atoms with Crippen molar-refractivity contribution >= 4 is 16.1 Å². The van der Waals surface area contributed by atoms with Crippen LogP contribution in [0.15, 0.2) is 59.5 Å². The zero-order valence-corrected chi connectivity index (χ0v) is 18.2. The first-order valence-corrected chi connectivity index (χ1v) is 11.8. The van der Waals surface area contributed by atoms with E-state index in [4.69, 9.17) is 4.74 Å². The number of aromatic hydroxyl groups is 1. The summed E-state index contributed by atoms with van der Waals surface area (Å²) in [5, 5.41) is 21.2. The van der Waals surface area contributed by atoms with E-state index in [-0.39, 0.29) is 23.1 Å². The number of phenolic OH excluding ortho intramolecular Hbond substituents is 1. The van der Waals surface area contributed by atoms with E-state index in [0.29, 0.717) is 12.2 Å². The predicted molar refractivity (Wildman–Crippen MR) is 117 cm³/mol. The average molecular weight is 440 g/mol. The monoisotopic (exact) mass is 439 g/mol. The summed E-state index contributed by atoms with van der Waals surface area (Å²) in [5.41, 5.74) is 2.13. The van der Waals surface area contributed by atoms with Crippen molar-refractivity contribution in [2.75, 3.05) is 13.6 Å². The Labute approximate surface area is 182 Å². The zero-order valence-electron chi connectivity index (χ0n) is 17.4. The molecule has 2 N–H and O–H groups in total. The molecule has 2 aliphatic carbocycles. The van der Waals surface area contributed by atoms with Gasteiger partial charge in [-0.25, -0.2) is 12.7 Å². The molecule has 2 aromatic carbocycles. The highest BCUT2D eigenvalue weighted by Crippen LogP contribution is 2.59. The van der Waals surface area contributed by atoms with Gasteiger partial charge in [-0.3, -0.25) is 0 Å². The van der Waals surface area contributed by atoms with Gasteiger partial charge in [0.2, 0.25) is 10.0 Å². The molecular weight excluding hydrogens is 414 g/mol. The van der Waals surface area contributed by atoms with Crippen LogP contribution in [0.5, 0.6) is 11.5 Å². The van der Waals surface area contributed by atoms with Gasteiger partial charge < -0.3 is 14.9 Å². The first kappa shape index (κ1) is 20.3. The molecule has 5 rings (SSSR count). The Morgan fingerprint density at radius 3 is 2.58 bits per heavy atom. The fourth-order valence-corrected chi connectivity index (χ4v) is 6.34. The van der Waals surface area contributed by atoms with Gasteiger partial charge in [0.25, 0.3) is 0 Å². The van der Waals surface area contributed by atoms with Crippen molar-refractivity contribution in [2.24, 2.45) is 5.92 Å². The first-order valence-electron chi connectivity index (χ1n) is 10.4. The van der Waals surface area contributed by atoms with Crippen molar-refractivity contribution in [3.8, 4) is 11.5 Å². The van der Waals surface area contributed by atoms with Crippen molar-refractivity contribution in [3.05, 3.63) is 71.3 Å². The van der Waals surface area contributed by atoms with Gasteiger partial charge in [-0.15, -0.1) is 0 Å². The molecule has 0 saturated heterocycles. The van der Waals surface area contributed by atoms with Crippen LogP contribution in [0.25, 0.3) is 6.08 Å². The maximum atomic E-state index is 13.1. The second-order valence-electron chi connectivity index (χ2n) is 8.61. The van der Waals surface area contributed by atoms with E-state index >= 15 is 0 Å². The standard InChI is InChI=1S/C24H25NO5S/c1-15-3-9-18(10-4-15)31(28,29)25(2)14-13-24-17-7-5-16-6-11-19(26)22(21(16)24)30-23(24)20(27)12-8-17/h3-12,17,20,23,26-27H,13-14H2,1-2H3/t17-,20+,23+,24+/m1/s1. The van der Waals surface area contributed by atoms with Gasteiger partial charge in [0.1, 0.15) is 12.2 Å². The normalized spacial score (nSPS) is 27.9. The molecule has 31 heavy (non-hydrogen) atoms. The van der Waals surface area contributed by atoms with E-state index in [9.17, 15) is 18.6 Å². The van der Waals surface area contributed by atoms with E-state index in [1.54, 1.807) is 43.5 Å². The lowest BCUT2D eigenvalue weighted by Crippen LogP contribution is -2.54. The number of hydrogen-bond acceptors (Lipinski definition) is 5. The van der Waals surface area contributed by atoms with Crippen molar-refractivity contribution < 1.29 is 23.4 Å². The van der Waals surface area contributed by atoms with E-state index < -0.39 is 27.6 Å². The smallest absolute Gasteiger partial charge is 0.242 e. The van der Waals surface area contributed by atoms with E-state index in [0.717, 1.165) is 16.7 Å². The summed E-state index contributed by atoms with van der Waals surface area (Å²) in [6.45, 7) is 2.16. The molecule has 1 aliphatic heterocycles. The molecule has 3 aliphatic rings. The lowest BCUT2D eigenvalue weighted by molar-refractivity contribution is 0.00864. The van der Waals surface area contributed by atoms with Gasteiger partial charge >= 0.3 is 0 Å². The van der Waals surface area contributed by atoms with Gasteiger partial charge in [-0.2, -0.15) is 0 Å². The molecule has 0 bridgehead atoms. The molecule has 0 saturated carbocycles. The van der Waals surface area contributed by atoms with E-state index in [1.807, 2.05) is 25.1 Å². The van der Waals surface area contributed by atoms with Gasteiger partial charge in [-0.05, 0) is 37.1 Å². The largest absolute Gasteiger partial charge is 0.504 e. The molecule has 0 spiro atoms. The first-order chi connectivity index (χ1) is 14.7. The molecule has 0 aromatic heterocycles. The summed E-state index contributed by atoms with van der Waals surface area (Å²) in [6.07, 6.45) is 6.75. The second-order valence-corrected chi connectivity index (χ2v) is 10.7. The molecule has 7 heteroatoms. The summed E-state index contributed by atoms with van der Waals surface area (Å²) in [6, 6.07) is 10.2. The topological polar surface area (TPSA) is 87.1 Å². The Kier molecular flexibility index (Phi) is 4.55. The fourth-order valence-electron chi connectivity index (χ4n) is 5.17. The molecule has 0 fully saturated rings. The third kappa shape index (κ3) is 2.87. The van der Waals surface area contributed by atoms with Gasteiger partial charge in [0.05, 0.1) is 10.3 Å². The number of aryl methyl sites for hydroxylation is 1. The number of ether oxygens (including phenoxy) is 1. The molecule has 1 heterocycles. The van der Waals surface area contributed by atoms with E-state index in [2.05, 4.69) is 6.08 Å².